The average Bonchev–Trinajstić information content (AvgIpc) is 2.37. The summed E-state index contributed by atoms with van der Waals surface area (Å²) in [7, 11) is 1.59. The van der Waals surface area contributed by atoms with E-state index in [9.17, 15) is 9.59 Å². The fourth-order valence-electron chi connectivity index (χ4n) is 1.97. The van der Waals surface area contributed by atoms with Crippen LogP contribution in [0.1, 0.15) is 26.7 Å². The van der Waals surface area contributed by atoms with Crippen molar-refractivity contribution in [2.45, 2.75) is 38.8 Å². The first kappa shape index (κ1) is 14.8. The van der Waals surface area contributed by atoms with Crippen molar-refractivity contribution in [3.05, 3.63) is 0 Å². The third-order valence-electron chi connectivity index (χ3n) is 3.48. The van der Waals surface area contributed by atoms with Crippen molar-refractivity contribution in [3.63, 3.8) is 0 Å². The van der Waals surface area contributed by atoms with Gasteiger partial charge in [-0.05, 0) is 26.7 Å². The summed E-state index contributed by atoms with van der Waals surface area (Å²) in [6.45, 7) is 4.64. The molecule has 18 heavy (non-hydrogen) atoms. The molecule has 1 aliphatic rings. The molecule has 6 nitrogen and oxygen atoms in total. The van der Waals surface area contributed by atoms with Crippen LogP contribution in [0, 0.1) is 5.92 Å². The van der Waals surface area contributed by atoms with E-state index in [1.165, 1.54) is 0 Å². The second kappa shape index (κ2) is 6.58. The molecule has 0 saturated carbocycles. The van der Waals surface area contributed by atoms with Crippen molar-refractivity contribution in [1.29, 1.82) is 0 Å². The Labute approximate surface area is 107 Å². The van der Waals surface area contributed by atoms with Crippen LogP contribution in [-0.4, -0.2) is 54.4 Å². The molecule has 1 fully saturated rings. The minimum Gasteiger partial charge on any atom is -0.481 e. The van der Waals surface area contributed by atoms with E-state index in [1.54, 1.807) is 12.0 Å². The van der Waals surface area contributed by atoms with Gasteiger partial charge in [0, 0.05) is 20.2 Å². The van der Waals surface area contributed by atoms with E-state index in [4.69, 9.17) is 9.84 Å². The lowest BCUT2D eigenvalue weighted by Gasteiger charge is -2.32. The molecule has 2 amide bonds. The number of rotatable bonds is 4. The first-order valence-corrected chi connectivity index (χ1v) is 6.26. The summed E-state index contributed by atoms with van der Waals surface area (Å²) in [5, 5.41) is 11.8. The molecule has 0 aromatic heterocycles. The Morgan fingerprint density at radius 2 is 2.11 bits per heavy atom. The molecule has 6 heteroatoms. The Morgan fingerprint density at radius 3 is 2.67 bits per heavy atom. The van der Waals surface area contributed by atoms with Gasteiger partial charge >= 0.3 is 12.0 Å². The third-order valence-corrected chi connectivity index (χ3v) is 3.48. The predicted molar refractivity (Wildman–Crippen MR) is 66.4 cm³/mol. The summed E-state index contributed by atoms with van der Waals surface area (Å²) in [5.74, 6) is -1.27. The highest BCUT2D eigenvalue weighted by Gasteiger charge is 2.29. The van der Waals surface area contributed by atoms with Gasteiger partial charge in [0.1, 0.15) is 0 Å². The first-order chi connectivity index (χ1) is 8.45. The highest BCUT2D eigenvalue weighted by atomic mass is 16.5. The molecule has 3 atom stereocenters. The number of carboxylic acids is 1. The maximum Gasteiger partial charge on any atom is 0.317 e. The summed E-state index contributed by atoms with van der Waals surface area (Å²) >= 11 is 0. The van der Waals surface area contributed by atoms with Gasteiger partial charge < -0.3 is 20.1 Å². The Kier molecular flexibility index (Phi) is 5.40. The standard InChI is InChI=1S/C12H22N2O4/c1-8(9(2)18-3)13-12(17)14-6-4-5-10(7-14)11(15)16/h8-10H,4-7H2,1-3H3,(H,13,17)(H,15,16)/t8-,9?,10?/m1/s1. The number of hydrogen-bond donors (Lipinski definition) is 2. The predicted octanol–water partition coefficient (Wildman–Crippen LogP) is 0.916. The van der Waals surface area contributed by atoms with Crippen LogP contribution >= 0.6 is 0 Å². The molecular weight excluding hydrogens is 236 g/mol. The molecule has 104 valence electrons. The van der Waals surface area contributed by atoms with Crippen LogP contribution in [0.2, 0.25) is 0 Å². The van der Waals surface area contributed by atoms with E-state index in [1.807, 2.05) is 13.8 Å². The lowest BCUT2D eigenvalue weighted by molar-refractivity contribution is -0.143. The molecule has 2 unspecified atom stereocenters. The van der Waals surface area contributed by atoms with Gasteiger partial charge in [-0.25, -0.2) is 4.79 Å². The van der Waals surface area contributed by atoms with Gasteiger partial charge in [-0.2, -0.15) is 0 Å². The molecule has 0 aliphatic carbocycles. The van der Waals surface area contributed by atoms with Crippen molar-refractivity contribution in [1.82, 2.24) is 10.2 Å². The third kappa shape index (κ3) is 3.87. The van der Waals surface area contributed by atoms with E-state index < -0.39 is 11.9 Å². The Morgan fingerprint density at radius 1 is 1.44 bits per heavy atom. The molecule has 0 spiro atoms. The highest BCUT2D eigenvalue weighted by molar-refractivity contribution is 5.76. The van der Waals surface area contributed by atoms with Gasteiger partial charge in [-0.3, -0.25) is 4.79 Å². The second-order valence-electron chi connectivity index (χ2n) is 4.80. The van der Waals surface area contributed by atoms with Gasteiger partial charge in [0.05, 0.1) is 18.1 Å². The minimum atomic E-state index is -0.828. The van der Waals surface area contributed by atoms with Gasteiger partial charge in [-0.1, -0.05) is 0 Å². The molecule has 1 aliphatic heterocycles. The van der Waals surface area contributed by atoms with Crippen molar-refractivity contribution in [3.8, 4) is 0 Å². The number of urea groups is 1. The lowest BCUT2D eigenvalue weighted by Crippen LogP contribution is -2.51. The molecule has 1 rings (SSSR count). The molecule has 1 heterocycles. The molecule has 1 saturated heterocycles. The zero-order chi connectivity index (χ0) is 13.7. The van der Waals surface area contributed by atoms with Crippen molar-refractivity contribution < 1.29 is 19.4 Å². The summed E-state index contributed by atoms with van der Waals surface area (Å²) < 4.78 is 5.13. The van der Waals surface area contributed by atoms with Gasteiger partial charge in [0.25, 0.3) is 0 Å². The molecule has 0 radical (unpaired) electrons. The zero-order valence-corrected chi connectivity index (χ0v) is 11.2. The molecule has 0 aromatic rings. The van der Waals surface area contributed by atoms with E-state index in [2.05, 4.69) is 5.32 Å². The van der Waals surface area contributed by atoms with Crippen LogP contribution in [-0.2, 0) is 9.53 Å². The van der Waals surface area contributed by atoms with Crippen LogP contribution < -0.4 is 5.32 Å². The number of aliphatic carboxylic acids is 1. The van der Waals surface area contributed by atoms with E-state index in [0.29, 0.717) is 13.0 Å². The number of nitrogens with one attached hydrogen (secondary N) is 1. The van der Waals surface area contributed by atoms with Gasteiger partial charge in [-0.15, -0.1) is 0 Å². The fourth-order valence-corrected chi connectivity index (χ4v) is 1.97. The van der Waals surface area contributed by atoms with Crippen LogP contribution in [0.3, 0.4) is 0 Å². The monoisotopic (exact) mass is 258 g/mol. The number of hydrogen-bond acceptors (Lipinski definition) is 3. The number of methoxy groups -OCH3 is 1. The molecule has 0 aromatic carbocycles. The fraction of sp³-hybridized carbons (Fsp3) is 0.833. The summed E-state index contributed by atoms with van der Waals surface area (Å²) in [6, 6.07) is -0.315. The summed E-state index contributed by atoms with van der Waals surface area (Å²) in [5.41, 5.74) is 0. The maximum absolute atomic E-state index is 12.0. The minimum absolute atomic E-state index is 0.0750. The second-order valence-corrected chi connectivity index (χ2v) is 4.80. The number of carbonyl (C=O) groups excluding carboxylic acids is 1. The number of amides is 2. The lowest BCUT2D eigenvalue weighted by atomic mass is 9.99. The summed E-state index contributed by atoms with van der Waals surface area (Å²) in [6.07, 6.45) is 1.30. The average molecular weight is 258 g/mol. The number of carboxylic acid groups (broad SMARTS) is 1. The number of ether oxygens (including phenoxy) is 1. The van der Waals surface area contributed by atoms with Crippen molar-refractivity contribution in [2.75, 3.05) is 20.2 Å². The van der Waals surface area contributed by atoms with Gasteiger partial charge in [0.2, 0.25) is 0 Å². The van der Waals surface area contributed by atoms with Crippen LogP contribution in [0.15, 0.2) is 0 Å². The molecular formula is C12H22N2O4. The quantitative estimate of drug-likeness (QED) is 0.785. The Hall–Kier alpha value is -1.30. The smallest absolute Gasteiger partial charge is 0.317 e. The van der Waals surface area contributed by atoms with E-state index in [-0.39, 0.29) is 24.7 Å². The Balaban J connectivity index is 2.48. The van der Waals surface area contributed by atoms with Crippen molar-refractivity contribution >= 4 is 12.0 Å². The van der Waals surface area contributed by atoms with E-state index in [0.717, 1.165) is 6.42 Å². The maximum atomic E-state index is 12.0. The van der Waals surface area contributed by atoms with Crippen molar-refractivity contribution in [2.24, 2.45) is 5.92 Å². The van der Waals surface area contributed by atoms with E-state index >= 15 is 0 Å². The molecule has 0 bridgehead atoms. The largest absolute Gasteiger partial charge is 0.481 e. The highest BCUT2D eigenvalue weighted by Crippen LogP contribution is 2.16. The SMILES string of the molecule is COC(C)[C@@H](C)NC(=O)N1CCCC(C(=O)O)C1. The van der Waals surface area contributed by atoms with Crippen LogP contribution in [0.4, 0.5) is 4.79 Å². The van der Waals surface area contributed by atoms with Gasteiger partial charge in [0.15, 0.2) is 0 Å². The Bertz CT molecular complexity index is 308. The molecule has 2 N–H and O–H groups in total. The van der Waals surface area contributed by atoms with Crippen LogP contribution in [0.5, 0.6) is 0 Å². The normalized spacial score (nSPS) is 23.3. The zero-order valence-electron chi connectivity index (χ0n) is 11.2. The van der Waals surface area contributed by atoms with Crippen LogP contribution in [0.25, 0.3) is 0 Å². The summed E-state index contributed by atoms with van der Waals surface area (Å²) in [4.78, 5) is 24.5. The number of carbonyl (C=O) groups is 2. The number of nitrogens with zero attached hydrogens (tertiary/aromatic N) is 1. The first-order valence-electron chi connectivity index (χ1n) is 6.26. The number of piperidine rings is 1. The topological polar surface area (TPSA) is 78.9 Å². The number of likely N-dealkylation sites (tertiary alicyclic amines) is 1.